The van der Waals surface area contributed by atoms with E-state index < -0.39 is 23.0 Å². The molecule has 4 saturated carbocycles. The summed E-state index contributed by atoms with van der Waals surface area (Å²) in [6.45, 7) is -0.386. The van der Waals surface area contributed by atoms with Gasteiger partial charge < -0.3 is 14.3 Å². The standard InChI is InChI=1S/C26H27ClN2O5/c27-19-5-3-18(4-6-19)20-9-21(22-2-1-7-33-22)29(28-20)23(30)14-34-24(31)25-10-16-8-17(11-25)13-26(32,12-16)15-25/h1-7,16-17,21,32H,8-15H2/t16-,17-,21-,25?,26?/m1/s1. The summed E-state index contributed by atoms with van der Waals surface area (Å²) in [6, 6.07) is 10.5. The van der Waals surface area contributed by atoms with Crippen molar-refractivity contribution in [3.8, 4) is 0 Å². The Kier molecular flexibility index (Phi) is 5.12. The van der Waals surface area contributed by atoms with Gasteiger partial charge in [0.1, 0.15) is 11.8 Å². The monoisotopic (exact) mass is 482 g/mol. The number of hydrogen-bond donors (Lipinski definition) is 1. The number of furan rings is 1. The highest BCUT2D eigenvalue weighted by molar-refractivity contribution is 6.30. The number of esters is 1. The average molecular weight is 483 g/mol. The maximum absolute atomic E-state index is 13.2. The lowest BCUT2D eigenvalue weighted by molar-refractivity contribution is -0.197. The molecule has 0 unspecified atom stereocenters. The van der Waals surface area contributed by atoms with Gasteiger partial charge in [-0.05, 0) is 80.2 Å². The van der Waals surface area contributed by atoms with Gasteiger partial charge >= 0.3 is 5.97 Å². The number of carbonyl (C=O) groups excluding carboxylic acids is 2. The summed E-state index contributed by atoms with van der Waals surface area (Å²) in [4.78, 5) is 26.4. The summed E-state index contributed by atoms with van der Waals surface area (Å²) in [7, 11) is 0. The van der Waals surface area contributed by atoms with Gasteiger partial charge in [-0.3, -0.25) is 9.59 Å². The quantitative estimate of drug-likeness (QED) is 0.634. The molecular formula is C26H27ClN2O5. The van der Waals surface area contributed by atoms with Gasteiger partial charge in [0.2, 0.25) is 0 Å². The van der Waals surface area contributed by atoms with Gasteiger partial charge in [0, 0.05) is 11.4 Å². The van der Waals surface area contributed by atoms with Crippen molar-refractivity contribution in [1.82, 2.24) is 5.01 Å². The minimum Gasteiger partial charge on any atom is -0.467 e. The number of amides is 1. The molecule has 0 saturated heterocycles. The van der Waals surface area contributed by atoms with Gasteiger partial charge in [-0.15, -0.1) is 0 Å². The minimum absolute atomic E-state index is 0.357. The molecule has 34 heavy (non-hydrogen) atoms. The Labute approximate surface area is 202 Å². The fourth-order valence-corrected chi connectivity index (χ4v) is 7.19. The SMILES string of the molecule is O=C(COC(=O)C12C[C@H]3C[C@@H](CC(O)(C3)C1)C2)N1N=C(c2ccc(Cl)cc2)C[C@@H]1c1ccco1. The third-order valence-electron chi connectivity index (χ3n) is 8.00. The fourth-order valence-electron chi connectivity index (χ4n) is 7.06. The van der Waals surface area contributed by atoms with E-state index in [0.717, 1.165) is 43.4 Å². The predicted molar refractivity (Wildman–Crippen MR) is 124 cm³/mol. The van der Waals surface area contributed by atoms with Gasteiger partial charge in [0.05, 0.1) is 23.0 Å². The lowest BCUT2D eigenvalue weighted by atomic mass is 9.48. The number of nitrogens with zero attached hydrogens (tertiary/aromatic N) is 2. The summed E-state index contributed by atoms with van der Waals surface area (Å²) in [5, 5.41) is 17.5. The molecule has 4 aliphatic carbocycles. The van der Waals surface area contributed by atoms with E-state index in [0.29, 0.717) is 35.5 Å². The Bertz CT molecular complexity index is 1130. The molecule has 1 aromatic heterocycles. The fraction of sp³-hybridized carbons (Fsp3) is 0.500. The Hall–Kier alpha value is -2.64. The van der Waals surface area contributed by atoms with Crippen LogP contribution in [0.2, 0.25) is 5.02 Å². The summed E-state index contributed by atoms with van der Waals surface area (Å²) in [5.41, 5.74) is 0.183. The second-order valence-corrected chi connectivity index (χ2v) is 11.0. The molecule has 4 fully saturated rings. The highest BCUT2D eigenvalue weighted by Crippen LogP contribution is 2.62. The first-order valence-corrected chi connectivity index (χ1v) is 12.3. The van der Waals surface area contributed by atoms with Crippen molar-refractivity contribution in [1.29, 1.82) is 0 Å². The molecule has 0 radical (unpaired) electrons. The van der Waals surface area contributed by atoms with Gasteiger partial charge in [0.25, 0.3) is 5.91 Å². The van der Waals surface area contributed by atoms with Crippen LogP contribution in [0.5, 0.6) is 0 Å². The van der Waals surface area contributed by atoms with Crippen LogP contribution in [0.25, 0.3) is 0 Å². The summed E-state index contributed by atoms with van der Waals surface area (Å²) < 4.78 is 11.2. The molecule has 8 heteroatoms. The number of hydrogen-bond acceptors (Lipinski definition) is 6. The van der Waals surface area contributed by atoms with E-state index in [1.54, 1.807) is 24.5 Å². The molecule has 4 bridgehead atoms. The third-order valence-corrected chi connectivity index (χ3v) is 8.26. The van der Waals surface area contributed by atoms with E-state index in [4.69, 9.17) is 20.8 Å². The van der Waals surface area contributed by atoms with Crippen molar-refractivity contribution in [2.75, 3.05) is 6.61 Å². The molecule has 178 valence electrons. The van der Waals surface area contributed by atoms with Crippen molar-refractivity contribution in [3.63, 3.8) is 0 Å². The Morgan fingerprint density at radius 3 is 2.53 bits per heavy atom. The van der Waals surface area contributed by atoms with Crippen LogP contribution in [-0.4, -0.2) is 39.9 Å². The number of hydrazone groups is 1. The molecule has 1 amide bonds. The van der Waals surface area contributed by atoms with Crippen molar-refractivity contribution in [2.24, 2.45) is 22.4 Å². The summed E-state index contributed by atoms with van der Waals surface area (Å²) in [5.74, 6) is 0.591. The number of aliphatic hydroxyl groups is 1. The molecular weight excluding hydrogens is 456 g/mol. The van der Waals surface area contributed by atoms with Crippen molar-refractivity contribution < 1.29 is 23.8 Å². The molecule has 7 rings (SSSR count). The normalized spacial score (nSPS) is 33.8. The summed E-state index contributed by atoms with van der Waals surface area (Å²) in [6.07, 6.45) is 6.61. The maximum Gasteiger partial charge on any atom is 0.312 e. The number of ether oxygens (including phenoxy) is 1. The highest BCUT2D eigenvalue weighted by Gasteiger charge is 2.61. The highest BCUT2D eigenvalue weighted by atomic mass is 35.5. The molecule has 1 aromatic carbocycles. The molecule has 5 aliphatic rings. The van der Waals surface area contributed by atoms with E-state index >= 15 is 0 Å². The lowest BCUT2D eigenvalue weighted by Gasteiger charge is -2.58. The number of carbonyl (C=O) groups is 2. The van der Waals surface area contributed by atoms with Crippen LogP contribution >= 0.6 is 11.6 Å². The van der Waals surface area contributed by atoms with E-state index in [9.17, 15) is 14.7 Å². The van der Waals surface area contributed by atoms with Crippen molar-refractivity contribution in [2.45, 2.75) is 56.6 Å². The Morgan fingerprint density at radius 1 is 1.15 bits per heavy atom. The zero-order valence-electron chi connectivity index (χ0n) is 18.8. The van der Waals surface area contributed by atoms with Crippen molar-refractivity contribution >= 4 is 29.2 Å². The Morgan fingerprint density at radius 2 is 1.88 bits per heavy atom. The molecule has 0 spiro atoms. The van der Waals surface area contributed by atoms with Crippen LogP contribution in [0.15, 0.2) is 52.2 Å². The van der Waals surface area contributed by atoms with Crippen LogP contribution in [0.1, 0.15) is 62.3 Å². The lowest BCUT2D eigenvalue weighted by Crippen LogP contribution is -2.58. The van der Waals surface area contributed by atoms with E-state index in [1.165, 1.54) is 5.01 Å². The second-order valence-electron chi connectivity index (χ2n) is 10.6. The minimum atomic E-state index is -0.760. The van der Waals surface area contributed by atoms with E-state index in [1.807, 2.05) is 18.2 Å². The predicted octanol–water partition coefficient (Wildman–Crippen LogP) is 4.49. The third kappa shape index (κ3) is 3.75. The largest absolute Gasteiger partial charge is 0.467 e. The molecule has 1 aliphatic heterocycles. The van der Waals surface area contributed by atoms with Gasteiger partial charge in [0.15, 0.2) is 6.61 Å². The molecule has 7 nitrogen and oxygen atoms in total. The average Bonchev–Trinajstić information content (AvgIpc) is 3.46. The zero-order chi connectivity index (χ0) is 23.5. The maximum atomic E-state index is 13.2. The van der Waals surface area contributed by atoms with Crippen LogP contribution in [0, 0.1) is 17.3 Å². The second kappa shape index (κ2) is 7.95. The first-order valence-electron chi connectivity index (χ1n) is 11.9. The number of benzene rings is 1. The Balaban J connectivity index is 1.18. The van der Waals surface area contributed by atoms with E-state index in [2.05, 4.69) is 5.10 Å². The zero-order valence-corrected chi connectivity index (χ0v) is 19.5. The number of rotatable bonds is 5. The van der Waals surface area contributed by atoms with Crippen LogP contribution in [0.4, 0.5) is 0 Å². The van der Waals surface area contributed by atoms with Crippen LogP contribution in [0.3, 0.4) is 0 Å². The first-order chi connectivity index (χ1) is 16.3. The van der Waals surface area contributed by atoms with Gasteiger partial charge in [-0.2, -0.15) is 5.10 Å². The molecule has 2 aromatic rings. The molecule has 3 atom stereocenters. The smallest absolute Gasteiger partial charge is 0.312 e. The van der Waals surface area contributed by atoms with E-state index in [-0.39, 0.29) is 12.6 Å². The molecule has 2 heterocycles. The number of halogens is 1. The van der Waals surface area contributed by atoms with Gasteiger partial charge in [-0.1, -0.05) is 23.7 Å². The first kappa shape index (κ1) is 21.9. The van der Waals surface area contributed by atoms with Crippen molar-refractivity contribution in [3.05, 3.63) is 59.0 Å². The van der Waals surface area contributed by atoms with Crippen LogP contribution < -0.4 is 0 Å². The van der Waals surface area contributed by atoms with Gasteiger partial charge in [-0.25, -0.2) is 5.01 Å². The topological polar surface area (TPSA) is 92.3 Å². The molecule has 1 N–H and O–H groups in total. The summed E-state index contributed by atoms with van der Waals surface area (Å²) >= 11 is 6.02. The van der Waals surface area contributed by atoms with Crippen LogP contribution in [-0.2, 0) is 14.3 Å².